The van der Waals surface area contributed by atoms with Gasteiger partial charge in [0.1, 0.15) is 0 Å². The first-order valence-corrected chi connectivity index (χ1v) is 9.85. The third-order valence-electron chi connectivity index (χ3n) is 5.00. The Morgan fingerprint density at radius 3 is 2.79 bits per heavy atom. The predicted octanol–water partition coefficient (Wildman–Crippen LogP) is 2.41. The largest absolute Gasteiger partial charge is 0.355 e. The van der Waals surface area contributed by atoms with Gasteiger partial charge in [0.2, 0.25) is 11.8 Å². The number of nitrogens with one attached hydrogen (secondary N) is 1. The van der Waals surface area contributed by atoms with Crippen molar-refractivity contribution in [2.24, 2.45) is 5.92 Å². The minimum atomic E-state index is 0.132. The van der Waals surface area contributed by atoms with Crippen LogP contribution < -0.4 is 5.32 Å². The molecule has 1 aliphatic carbocycles. The minimum Gasteiger partial charge on any atom is -0.355 e. The van der Waals surface area contributed by atoms with Crippen molar-refractivity contribution < 1.29 is 9.59 Å². The molecule has 1 heterocycles. The summed E-state index contributed by atoms with van der Waals surface area (Å²) in [4.78, 5) is 28.4. The highest BCUT2D eigenvalue weighted by Gasteiger charge is 2.29. The highest BCUT2D eigenvalue weighted by atomic mass is 16.2. The first-order valence-electron chi connectivity index (χ1n) is 9.85. The molecule has 0 radical (unpaired) electrons. The number of hydrogen-bond acceptors (Lipinski definition) is 3. The fraction of sp³-hybridized carbons (Fsp3) is 0.895. The van der Waals surface area contributed by atoms with Crippen molar-refractivity contribution in [1.82, 2.24) is 15.1 Å². The Kier molecular flexibility index (Phi) is 8.03. The van der Waals surface area contributed by atoms with E-state index in [9.17, 15) is 9.59 Å². The van der Waals surface area contributed by atoms with Gasteiger partial charge in [-0.2, -0.15) is 0 Å². The molecule has 0 bridgehead atoms. The molecule has 138 valence electrons. The topological polar surface area (TPSA) is 52.7 Å². The quantitative estimate of drug-likeness (QED) is 0.623. The Morgan fingerprint density at radius 2 is 2.08 bits per heavy atom. The van der Waals surface area contributed by atoms with E-state index in [1.54, 1.807) is 0 Å². The molecule has 5 heteroatoms. The van der Waals surface area contributed by atoms with E-state index >= 15 is 0 Å². The molecule has 2 fully saturated rings. The molecule has 0 spiro atoms. The van der Waals surface area contributed by atoms with Gasteiger partial charge in [-0.1, -0.05) is 20.3 Å². The highest BCUT2D eigenvalue weighted by molar-refractivity contribution is 5.78. The maximum Gasteiger partial charge on any atom is 0.234 e. The smallest absolute Gasteiger partial charge is 0.234 e. The fourth-order valence-electron chi connectivity index (χ4n) is 3.27. The predicted molar refractivity (Wildman–Crippen MR) is 96.7 cm³/mol. The van der Waals surface area contributed by atoms with E-state index < -0.39 is 0 Å². The van der Waals surface area contributed by atoms with Crippen LogP contribution in [0.5, 0.6) is 0 Å². The SMILES string of the molecule is CC(C)CCN(CC(=O)NCCCN1CCCCCC1=O)C1CC1. The maximum atomic E-state index is 12.2. The molecule has 5 nitrogen and oxygen atoms in total. The first kappa shape index (κ1) is 19.2. The maximum absolute atomic E-state index is 12.2. The summed E-state index contributed by atoms with van der Waals surface area (Å²) in [5, 5.41) is 3.03. The zero-order valence-corrected chi connectivity index (χ0v) is 15.6. The lowest BCUT2D eigenvalue weighted by Crippen LogP contribution is -2.40. The molecule has 2 aliphatic rings. The van der Waals surface area contributed by atoms with Crippen LogP contribution in [0.3, 0.4) is 0 Å². The van der Waals surface area contributed by atoms with Gasteiger partial charge in [0, 0.05) is 32.1 Å². The lowest BCUT2D eigenvalue weighted by atomic mass is 10.1. The number of carbonyl (C=O) groups is 2. The third-order valence-corrected chi connectivity index (χ3v) is 5.00. The van der Waals surface area contributed by atoms with Crippen LogP contribution in [-0.4, -0.2) is 60.4 Å². The van der Waals surface area contributed by atoms with Crippen LogP contribution >= 0.6 is 0 Å². The normalized spacial score (nSPS) is 19.0. The standard InChI is InChI=1S/C19H35N3O2/c1-16(2)10-14-22(17-8-9-17)15-18(23)20-11-6-13-21-12-5-3-4-7-19(21)24/h16-17H,3-15H2,1-2H3,(H,20,23). The summed E-state index contributed by atoms with van der Waals surface area (Å²) in [6, 6.07) is 0.629. The molecule has 2 rings (SSSR count). The first-order chi connectivity index (χ1) is 11.6. The molecule has 0 aromatic carbocycles. The lowest BCUT2D eigenvalue weighted by Gasteiger charge is -2.23. The van der Waals surface area contributed by atoms with E-state index in [0.717, 1.165) is 51.7 Å². The van der Waals surface area contributed by atoms with Crippen molar-refractivity contribution >= 4 is 11.8 Å². The number of hydrogen-bond donors (Lipinski definition) is 1. The molecule has 1 saturated carbocycles. The third kappa shape index (κ3) is 7.20. The van der Waals surface area contributed by atoms with Gasteiger partial charge in [-0.15, -0.1) is 0 Å². The van der Waals surface area contributed by atoms with Crippen LogP contribution in [0.4, 0.5) is 0 Å². The Bertz CT molecular complexity index is 407. The Hall–Kier alpha value is -1.10. The molecule has 2 amide bonds. The van der Waals surface area contributed by atoms with E-state index in [0.29, 0.717) is 31.5 Å². The van der Waals surface area contributed by atoms with Crippen molar-refractivity contribution in [2.45, 2.75) is 71.3 Å². The second-order valence-electron chi connectivity index (χ2n) is 7.78. The van der Waals surface area contributed by atoms with Crippen molar-refractivity contribution in [2.75, 3.05) is 32.7 Å². The molecule has 0 atom stereocenters. The van der Waals surface area contributed by atoms with Crippen molar-refractivity contribution in [1.29, 1.82) is 0 Å². The Labute approximate surface area is 147 Å². The zero-order valence-electron chi connectivity index (χ0n) is 15.6. The molecule has 0 aromatic rings. The van der Waals surface area contributed by atoms with E-state index in [1.807, 2.05) is 4.90 Å². The van der Waals surface area contributed by atoms with Gasteiger partial charge >= 0.3 is 0 Å². The monoisotopic (exact) mass is 337 g/mol. The molecule has 1 N–H and O–H groups in total. The second-order valence-corrected chi connectivity index (χ2v) is 7.78. The van der Waals surface area contributed by atoms with Crippen LogP contribution in [0.1, 0.15) is 65.2 Å². The van der Waals surface area contributed by atoms with Gasteiger partial charge in [0.15, 0.2) is 0 Å². The summed E-state index contributed by atoms with van der Waals surface area (Å²) in [5.41, 5.74) is 0. The molecular formula is C19H35N3O2. The van der Waals surface area contributed by atoms with Gasteiger partial charge in [-0.25, -0.2) is 0 Å². The molecular weight excluding hydrogens is 302 g/mol. The number of nitrogens with zero attached hydrogens (tertiary/aromatic N) is 2. The van der Waals surface area contributed by atoms with Crippen LogP contribution in [0, 0.1) is 5.92 Å². The van der Waals surface area contributed by atoms with E-state index in [1.165, 1.54) is 12.8 Å². The average Bonchev–Trinajstić information content (AvgIpc) is 3.37. The van der Waals surface area contributed by atoms with E-state index in [2.05, 4.69) is 24.1 Å². The molecule has 0 unspecified atom stereocenters. The van der Waals surface area contributed by atoms with Crippen LogP contribution in [0.2, 0.25) is 0 Å². The van der Waals surface area contributed by atoms with E-state index in [-0.39, 0.29) is 11.8 Å². The fourth-order valence-corrected chi connectivity index (χ4v) is 3.27. The molecule has 24 heavy (non-hydrogen) atoms. The van der Waals surface area contributed by atoms with Crippen molar-refractivity contribution in [3.8, 4) is 0 Å². The summed E-state index contributed by atoms with van der Waals surface area (Å²) in [7, 11) is 0. The second kappa shape index (κ2) is 10.0. The number of rotatable bonds is 10. The van der Waals surface area contributed by atoms with Gasteiger partial charge < -0.3 is 10.2 Å². The molecule has 0 aromatic heterocycles. The van der Waals surface area contributed by atoms with Crippen molar-refractivity contribution in [3.63, 3.8) is 0 Å². The van der Waals surface area contributed by atoms with Crippen LogP contribution in [0.25, 0.3) is 0 Å². The number of amides is 2. The number of carbonyl (C=O) groups excluding carboxylic acids is 2. The summed E-state index contributed by atoms with van der Waals surface area (Å²) < 4.78 is 0. The van der Waals surface area contributed by atoms with Gasteiger partial charge in [0.05, 0.1) is 6.54 Å². The minimum absolute atomic E-state index is 0.132. The molecule has 1 aliphatic heterocycles. The summed E-state index contributed by atoms with van der Waals surface area (Å²) in [6.07, 6.45) is 8.48. The Morgan fingerprint density at radius 1 is 1.29 bits per heavy atom. The average molecular weight is 338 g/mol. The zero-order chi connectivity index (χ0) is 17.4. The summed E-state index contributed by atoms with van der Waals surface area (Å²) in [6.45, 7) is 8.35. The van der Waals surface area contributed by atoms with Crippen LogP contribution in [0.15, 0.2) is 0 Å². The Balaban J connectivity index is 1.60. The van der Waals surface area contributed by atoms with Crippen LogP contribution in [-0.2, 0) is 9.59 Å². The summed E-state index contributed by atoms with van der Waals surface area (Å²) >= 11 is 0. The molecule has 1 saturated heterocycles. The van der Waals surface area contributed by atoms with Gasteiger partial charge in [-0.05, 0) is 51.0 Å². The number of likely N-dealkylation sites (tertiary alicyclic amines) is 1. The van der Waals surface area contributed by atoms with E-state index in [4.69, 9.17) is 0 Å². The highest BCUT2D eigenvalue weighted by Crippen LogP contribution is 2.27. The summed E-state index contributed by atoms with van der Waals surface area (Å²) in [5.74, 6) is 1.10. The van der Waals surface area contributed by atoms with Gasteiger partial charge in [-0.3, -0.25) is 14.5 Å². The van der Waals surface area contributed by atoms with Gasteiger partial charge in [0.25, 0.3) is 0 Å². The lowest BCUT2D eigenvalue weighted by molar-refractivity contribution is -0.130. The van der Waals surface area contributed by atoms with Crippen molar-refractivity contribution in [3.05, 3.63) is 0 Å².